The van der Waals surface area contributed by atoms with Crippen molar-refractivity contribution in [2.24, 2.45) is 0 Å². The first kappa shape index (κ1) is 10.9. The Labute approximate surface area is 103 Å². The van der Waals surface area contributed by atoms with Gasteiger partial charge in [0, 0.05) is 4.47 Å². The number of hydrogen-bond donors (Lipinski definition) is 0. The van der Waals surface area contributed by atoms with Crippen molar-refractivity contribution in [1.29, 1.82) is 5.26 Å². The van der Waals surface area contributed by atoms with E-state index in [2.05, 4.69) is 34.1 Å². The Morgan fingerprint density at radius 1 is 1.00 bits per heavy atom. The largest absolute Gasteiger partial charge is 0.192 e. The van der Waals surface area contributed by atoms with Gasteiger partial charge in [0.05, 0.1) is 11.6 Å². The Kier molecular flexibility index (Phi) is 3.38. The minimum Gasteiger partial charge on any atom is -0.192 e. The van der Waals surface area contributed by atoms with Gasteiger partial charge in [-0.1, -0.05) is 46.3 Å². The summed E-state index contributed by atoms with van der Waals surface area (Å²) in [6.45, 7) is 0. The van der Waals surface area contributed by atoms with Crippen molar-refractivity contribution in [1.82, 2.24) is 0 Å². The fourth-order valence-corrected chi connectivity index (χ4v) is 1.87. The van der Waals surface area contributed by atoms with Gasteiger partial charge >= 0.3 is 0 Å². The number of nitrogens with zero attached hydrogens (tertiary/aromatic N) is 1. The Morgan fingerprint density at radius 2 is 1.69 bits per heavy atom. The van der Waals surface area contributed by atoms with E-state index < -0.39 is 0 Å². The van der Waals surface area contributed by atoms with Gasteiger partial charge in [-0.25, -0.2) is 0 Å². The molecule has 0 aliphatic heterocycles. The van der Waals surface area contributed by atoms with Crippen molar-refractivity contribution in [3.05, 3.63) is 69.7 Å². The third kappa shape index (κ3) is 2.50. The van der Waals surface area contributed by atoms with Crippen LogP contribution in [0.25, 0.3) is 0 Å². The van der Waals surface area contributed by atoms with Gasteiger partial charge in [0.1, 0.15) is 0 Å². The van der Waals surface area contributed by atoms with E-state index in [1.807, 2.05) is 36.4 Å². The first-order valence-electron chi connectivity index (χ1n) is 5.02. The quantitative estimate of drug-likeness (QED) is 0.813. The molecule has 0 aromatic heterocycles. The molecule has 0 aliphatic rings. The zero-order chi connectivity index (χ0) is 11.4. The maximum atomic E-state index is 8.98. The van der Waals surface area contributed by atoms with Crippen molar-refractivity contribution in [3.8, 4) is 6.07 Å². The lowest BCUT2D eigenvalue weighted by atomic mass is 10.0. The highest BCUT2D eigenvalue weighted by molar-refractivity contribution is 9.10. The van der Waals surface area contributed by atoms with Crippen molar-refractivity contribution in [2.45, 2.75) is 6.42 Å². The summed E-state index contributed by atoms with van der Waals surface area (Å²) < 4.78 is 1.07. The molecule has 0 fully saturated rings. The summed E-state index contributed by atoms with van der Waals surface area (Å²) >= 11 is 3.41. The third-order valence-electron chi connectivity index (χ3n) is 2.45. The molecule has 0 bridgehead atoms. The van der Waals surface area contributed by atoms with Crippen molar-refractivity contribution < 1.29 is 0 Å². The molecule has 2 aromatic rings. The second-order valence-electron chi connectivity index (χ2n) is 3.57. The second kappa shape index (κ2) is 4.96. The van der Waals surface area contributed by atoms with Gasteiger partial charge in [-0.2, -0.15) is 5.26 Å². The molecule has 0 unspecified atom stereocenters. The summed E-state index contributed by atoms with van der Waals surface area (Å²) in [7, 11) is 0. The normalized spacial score (nSPS) is 9.75. The minimum absolute atomic E-state index is 0.755. The van der Waals surface area contributed by atoms with E-state index in [4.69, 9.17) is 5.26 Å². The van der Waals surface area contributed by atoms with E-state index in [1.165, 1.54) is 5.56 Å². The van der Waals surface area contributed by atoms with Crippen LogP contribution >= 0.6 is 15.9 Å². The first-order valence-corrected chi connectivity index (χ1v) is 5.81. The van der Waals surface area contributed by atoms with Crippen molar-refractivity contribution in [3.63, 3.8) is 0 Å². The molecule has 0 heterocycles. The van der Waals surface area contributed by atoms with Crippen LogP contribution in [0.1, 0.15) is 16.7 Å². The Bertz CT molecular complexity index is 523. The average molecular weight is 272 g/mol. The topological polar surface area (TPSA) is 23.8 Å². The Morgan fingerprint density at radius 3 is 2.38 bits per heavy atom. The summed E-state index contributed by atoms with van der Waals surface area (Å²) in [5.74, 6) is 0. The number of hydrogen-bond acceptors (Lipinski definition) is 1. The van der Waals surface area contributed by atoms with Crippen LogP contribution in [-0.4, -0.2) is 0 Å². The molecule has 0 saturated carbocycles. The number of benzene rings is 2. The molecule has 2 rings (SSSR count). The SMILES string of the molecule is N#Cc1ccccc1Cc1ccc(Br)cc1. The molecular formula is C14H10BrN. The van der Waals surface area contributed by atoms with Crippen LogP contribution in [0.3, 0.4) is 0 Å². The Balaban J connectivity index is 2.27. The van der Waals surface area contributed by atoms with Crippen LogP contribution in [0.5, 0.6) is 0 Å². The fraction of sp³-hybridized carbons (Fsp3) is 0.0714. The van der Waals surface area contributed by atoms with E-state index in [0.29, 0.717) is 0 Å². The van der Waals surface area contributed by atoms with Gasteiger partial charge in [-0.05, 0) is 35.7 Å². The van der Waals surface area contributed by atoms with E-state index in [9.17, 15) is 0 Å². The molecule has 0 atom stereocenters. The van der Waals surface area contributed by atoms with E-state index in [0.717, 1.165) is 22.0 Å². The monoisotopic (exact) mass is 271 g/mol. The van der Waals surface area contributed by atoms with Crippen molar-refractivity contribution >= 4 is 15.9 Å². The van der Waals surface area contributed by atoms with Crippen LogP contribution in [0, 0.1) is 11.3 Å². The van der Waals surface area contributed by atoms with Gasteiger partial charge in [0.25, 0.3) is 0 Å². The molecule has 16 heavy (non-hydrogen) atoms. The molecule has 2 heteroatoms. The molecule has 78 valence electrons. The van der Waals surface area contributed by atoms with Gasteiger partial charge in [-0.15, -0.1) is 0 Å². The molecule has 0 saturated heterocycles. The second-order valence-corrected chi connectivity index (χ2v) is 4.49. The average Bonchev–Trinajstić information content (AvgIpc) is 2.33. The van der Waals surface area contributed by atoms with Crippen LogP contribution in [0.2, 0.25) is 0 Å². The molecule has 2 aromatic carbocycles. The summed E-state index contributed by atoms with van der Waals surface area (Å²) in [6, 6.07) is 18.1. The first-order chi connectivity index (χ1) is 7.79. The zero-order valence-electron chi connectivity index (χ0n) is 8.65. The van der Waals surface area contributed by atoms with E-state index in [-0.39, 0.29) is 0 Å². The summed E-state index contributed by atoms with van der Waals surface area (Å²) in [5.41, 5.74) is 3.05. The predicted octanol–water partition coefficient (Wildman–Crippen LogP) is 3.91. The van der Waals surface area contributed by atoms with Crippen LogP contribution in [-0.2, 0) is 6.42 Å². The highest BCUT2D eigenvalue weighted by atomic mass is 79.9. The third-order valence-corrected chi connectivity index (χ3v) is 2.97. The molecular weight excluding hydrogens is 262 g/mol. The molecule has 0 spiro atoms. The molecule has 0 amide bonds. The Hall–Kier alpha value is -1.59. The maximum absolute atomic E-state index is 8.98. The lowest BCUT2D eigenvalue weighted by molar-refractivity contribution is 1.18. The highest BCUT2D eigenvalue weighted by Gasteiger charge is 2.01. The highest BCUT2D eigenvalue weighted by Crippen LogP contribution is 2.16. The van der Waals surface area contributed by atoms with Gasteiger partial charge in [0.15, 0.2) is 0 Å². The van der Waals surface area contributed by atoms with E-state index >= 15 is 0 Å². The van der Waals surface area contributed by atoms with Gasteiger partial charge < -0.3 is 0 Å². The number of rotatable bonds is 2. The van der Waals surface area contributed by atoms with Crippen molar-refractivity contribution in [2.75, 3.05) is 0 Å². The minimum atomic E-state index is 0.755. The standard InChI is InChI=1S/C14H10BrN/c15-14-7-5-11(6-8-14)9-12-3-1-2-4-13(12)10-16/h1-8H,9H2. The molecule has 1 nitrogen and oxygen atoms in total. The van der Waals surface area contributed by atoms with Crippen LogP contribution < -0.4 is 0 Å². The lowest BCUT2D eigenvalue weighted by Gasteiger charge is -2.04. The molecule has 0 aliphatic carbocycles. The number of halogens is 1. The van der Waals surface area contributed by atoms with Crippen LogP contribution in [0.4, 0.5) is 0 Å². The lowest BCUT2D eigenvalue weighted by Crippen LogP contribution is -1.91. The number of nitriles is 1. The van der Waals surface area contributed by atoms with Crippen LogP contribution in [0.15, 0.2) is 53.0 Å². The summed E-state index contributed by atoms with van der Waals surface area (Å²) in [4.78, 5) is 0. The maximum Gasteiger partial charge on any atom is 0.0994 e. The smallest absolute Gasteiger partial charge is 0.0994 e. The summed E-state index contributed by atoms with van der Waals surface area (Å²) in [6.07, 6.45) is 0.803. The van der Waals surface area contributed by atoms with Gasteiger partial charge in [-0.3, -0.25) is 0 Å². The molecule has 0 radical (unpaired) electrons. The van der Waals surface area contributed by atoms with Gasteiger partial charge in [0.2, 0.25) is 0 Å². The zero-order valence-corrected chi connectivity index (χ0v) is 10.2. The molecule has 0 N–H and O–H groups in total. The summed E-state index contributed by atoms with van der Waals surface area (Å²) in [5, 5.41) is 8.98. The fourth-order valence-electron chi connectivity index (χ4n) is 1.61. The van der Waals surface area contributed by atoms with E-state index in [1.54, 1.807) is 0 Å². The predicted molar refractivity (Wildman–Crippen MR) is 68.1 cm³/mol.